The normalized spacial score (nSPS) is 12.4. The van der Waals surface area contributed by atoms with Crippen LogP contribution in [0.1, 0.15) is 31.0 Å². The molecule has 0 amide bonds. The maximum Gasteiger partial charge on any atom is 0.127 e. The van der Waals surface area contributed by atoms with Gasteiger partial charge in [0.1, 0.15) is 18.2 Å². The van der Waals surface area contributed by atoms with Crippen molar-refractivity contribution in [3.05, 3.63) is 47.5 Å². The molecule has 1 aromatic heterocycles. The molecule has 1 heterocycles. The zero-order chi connectivity index (χ0) is 13.8. The number of nitrogens with zero attached hydrogens (tertiary/aromatic N) is 2. The third kappa shape index (κ3) is 3.32. The van der Waals surface area contributed by atoms with Gasteiger partial charge in [-0.2, -0.15) is 5.10 Å². The Kier molecular flexibility index (Phi) is 4.16. The van der Waals surface area contributed by atoms with Crippen molar-refractivity contribution >= 4 is 0 Å². The Morgan fingerprint density at radius 2 is 2.26 bits per heavy atom. The average molecular weight is 263 g/mol. The lowest BCUT2D eigenvalue weighted by atomic mass is 10.1. The highest BCUT2D eigenvalue weighted by molar-refractivity contribution is 5.36. The molecular weight excluding hydrogens is 245 g/mol. The maximum absolute atomic E-state index is 13.3. The van der Waals surface area contributed by atoms with E-state index < -0.39 is 0 Å². The number of hydrogen-bond acceptors (Lipinski definition) is 3. The molecular formula is C14H18FN3O. The van der Waals surface area contributed by atoms with Crippen LogP contribution in [-0.4, -0.2) is 9.78 Å². The average Bonchev–Trinajstić information content (AvgIpc) is 2.84. The number of halogens is 1. The molecule has 0 aliphatic heterocycles. The smallest absolute Gasteiger partial charge is 0.127 e. The van der Waals surface area contributed by atoms with E-state index >= 15 is 0 Å². The van der Waals surface area contributed by atoms with E-state index in [9.17, 15) is 4.39 Å². The Morgan fingerprint density at radius 3 is 2.89 bits per heavy atom. The molecule has 1 aromatic carbocycles. The molecule has 0 fully saturated rings. The molecule has 1 unspecified atom stereocenters. The number of benzene rings is 1. The van der Waals surface area contributed by atoms with Gasteiger partial charge in [0, 0.05) is 36.0 Å². The lowest BCUT2D eigenvalue weighted by molar-refractivity contribution is 0.299. The van der Waals surface area contributed by atoms with E-state index in [0.29, 0.717) is 12.4 Å². The molecule has 4 nitrogen and oxygen atoms in total. The first-order chi connectivity index (χ1) is 9.10. The van der Waals surface area contributed by atoms with Gasteiger partial charge in [-0.25, -0.2) is 4.39 Å². The van der Waals surface area contributed by atoms with Crippen molar-refractivity contribution in [2.24, 2.45) is 5.73 Å². The molecule has 2 aromatic rings. The van der Waals surface area contributed by atoms with Crippen LogP contribution in [0.4, 0.5) is 4.39 Å². The van der Waals surface area contributed by atoms with Crippen LogP contribution in [0.15, 0.2) is 30.6 Å². The summed E-state index contributed by atoms with van der Waals surface area (Å²) in [4.78, 5) is 0. The van der Waals surface area contributed by atoms with E-state index in [0.717, 1.165) is 17.7 Å². The summed E-state index contributed by atoms with van der Waals surface area (Å²) in [5.41, 5.74) is 7.58. The van der Waals surface area contributed by atoms with Crippen LogP contribution in [-0.2, 0) is 13.2 Å². The van der Waals surface area contributed by atoms with Crippen molar-refractivity contribution in [1.82, 2.24) is 9.78 Å². The largest absolute Gasteiger partial charge is 0.488 e. The first kappa shape index (κ1) is 13.5. The zero-order valence-electron chi connectivity index (χ0n) is 11.1. The topological polar surface area (TPSA) is 53.1 Å². The van der Waals surface area contributed by atoms with Crippen LogP contribution in [0.5, 0.6) is 5.75 Å². The minimum atomic E-state index is -0.330. The quantitative estimate of drug-likeness (QED) is 0.902. The van der Waals surface area contributed by atoms with Crippen molar-refractivity contribution in [2.45, 2.75) is 33.0 Å². The monoisotopic (exact) mass is 263 g/mol. The van der Waals surface area contributed by atoms with Gasteiger partial charge in [-0.05, 0) is 19.9 Å². The third-order valence-electron chi connectivity index (χ3n) is 2.87. The number of aromatic nitrogens is 2. The minimum Gasteiger partial charge on any atom is -0.488 e. The highest BCUT2D eigenvalue weighted by Crippen LogP contribution is 2.25. The highest BCUT2D eigenvalue weighted by atomic mass is 19.1. The summed E-state index contributed by atoms with van der Waals surface area (Å²) in [6.45, 7) is 5.02. The Hall–Kier alpha value is -1.88. The molecule has 102 valence electrons. The number of aryl methyl sites for hydroxylation is 1. The first-order valence-electron chi connectivity index (χ1n) is 6.29. The molecule has 0 aliphatic rings. The van der Waals surface area contributed by atoms with Crippen LogP contribution in [0.25, 0.3) is 0 Å². The highest BCUT2D eigenvalue weighted by Gasteiger charge is 2.10. The fourth-order valence-corrected chi connectivity index (χ4v) is 1.82. The van der Waals surface area contributed by atoms with Crippen LogP contribution in [0.2, 0.25) is 0 Å². The summed E-state index contributed by atoms with van der Waals surface area (Å²) in [6.07, 6.45) is 3.65. The molecule has 5 heteroatoms. The summed E-state index contributed by atoms with van der Waals surface area (Å²) >= 11 is 0. The number of nitrogens with two attached hydrogens (primary N) is 1. The summed E-state index contributed by atoms with van der Waals surface area (Å²) in [5, 5.41) is 4.16. The van der Waals surface area contributed by atoms with E-state index in [1.165, 1.54) is 12.1 Å². The maximum atomic E-state index is 13.3. The Morgan fingerprint density at radius 1 is 1.47 bits per heavy atom. The molecule has 2 N–H and O–H groups in total. The molecule has 0 saturated heterocycles. The molecule has 0 bridgehead atoms. The lowest BCUT2D eigenvalue weighted by Crippen LogP contribution is -2.08. The van der Waals surface area contributed by atoms with Crippen LogP contribution in [0.3, 0.4) is 0 Å². The van der Waals surface area contributed by atoms with E-state index in [2.05, 4.69) is 5.10 Å². The predicted molar refractivity (Wildman–Crippen MR) is 71.2 cm³/mol. The molecule has 1 atom stereocenters. The Labute approximate surface area is 112 Å². The number of hydrogen-bond donors (Lipinski definition) is 1. The second-order valence-corrected chi connectivity index (χ2v) is 4.46. The molecule has 0 radical (unpaired) electrons. The van der Waals surface area contributed by atoms with Crippen molar-refractivity contribution in [2.75, 3.05) is 0 Å². The molecule has 19 heavy (non-hydrogen) atoms. The van der Waals surface area contributed by atoms with Gasteiger partial charge in [-0.1, -0.05) is 6.07 Å². The van der Waals surface area contributed by atoms with Gasteiger partial charge in [-0.3, -0.25) is 4.68 Å². The number of rotatable bonds is 5. The van der Waals surface area contributed by atoms with Gasteiger partial charge in [0.05, 0.1) is 6.20 Å². The second kappa shape index (κ2) is 5.84. The van der Waals surface area contributed by atoms with E-state index in [1.807, 2.05) is 24.7 Å². The summed E-state index contributed by atoms with van der Waals surface area (Å²) in [6, 6.07) is 4.21. The Balaban J connectivity index is 2.12. The fraction of sp³-hybridized carbons (Fsp3) is 0.357. The van der Waals surface area contributed by atoms with E-state index in [-0.39, 0.29) is 11.9 Å². The minimum absolute atomic E-state index is 0.200. The predicted octanol–water partition coefficient (Wildman–Crippen LogP) is 2.64. The van der Waals surface area contributed by atoms with Crippen molar-refractivity contribution in [3.8, 4) is 5.75 Å². The van der Waals surface area contributed by atoms with Gasteiger partial charge in [-0.15, -0.1) is 0 Å². The number of ether oxygens (including phenoxy) is 1. The molecule has 0 spiro atoms. The summed E-state index contributed by atoms with van der Waals surface area (Å²) in [7, 11) is 0. The van der Waals surface area contributed by atoms with Gasteiger partial charge < -0.3 is 10.5 Å². The lowest BCUT2D eigenvalue weighted by Gasteiger charge is -2.13. The standard InChI is InChI=1S/C14H18FN3O/c1-3-18-8-11(7-17-18)9-19-14-6-12(15)4-5-13(14)10(2)16/h4-8,10H,3,9,16H2,1-2H3. The van der Waals surface area contributed by atoms with Crippen molar-refractivity contribution in [1.29, 1.82) is 0 Å². The fourth-order valence-electron chi connectivity index (χ4n) is 1.82. The van der Waals surface area contributed by atoms with Crippen LogP contribution in [0, 0.1) is 5.82 Å². The van der Waals surface area contributed by atoms with Crippen molar-refractivity contribution in [3.63, 3.8) is 0 Å². The molecule has 2 rings (SSSR count). The van der Waals surface area contributed by atoms with E-state index in [1.54, 1.807) is 12.3 Å². The van der Waals surface area contributed by atoms with Gasteiger partial charge >= 0.3 is 0 Å². The third-order valence-corrected chi connectivity index (χ3v) is 2.87. The van der Waals surface area contributed by atoms with E-state index in [4.69, 9.17) is 10.5 Å². The SMILES string of the molecule is CCn1cc(COc2cc(F)ccc2C(C)N)cn1. The van der Waals surface area contributed by atoms with Gasteiger partial charge in [0.2, 0.25) is 0 Å². The summed E-state index contributed by atoms with van der Waals surface area (Å²) < 4.78 is 20.7. The van der Waals surface area contributed by atoms with Gasteiger partial charge in [0.15, 0.2) is 0 Å². The second-order valence-electron chi connectivity index (χ2n) is 4.46. The van der Waals surface area contributed by atoms with Crippen LogP contribution < -0.4 is 10.5 Å². The van der Waals surface area contributed by atoms with Crippen molar-refractivity contribution < 1.29 is 9.13 Å². The summed E-state index contributed by atoms with van der Waals surface area (Å²) in [5.74, 6) is 0.155. The molecule has 0 aliphatic carbocycles. The first-order valence-corrected chi connectivity index (χ1v) is 6.29. The Bertz CT molecular complexity index is 551. The van der Waals surface area contributed by atoms with Gasteiger partial charge in [0.25, 0.3) is 0 Å². The molecule has 0 saturated carbocycles. The van der Waals surface area contributed by atoms with Crippen LogP contribution >= 0.6 is 0 Å². The zero-order valence-corrected chi connectivity index (χ0v) is 11.1.